The molecule has 0 saturated carbocycles. The van der Waals surface area contributed by atoms with Crippen molar-refractivity contribution in [2.24, 2.45) is 4.99 Å². The van der Waals surface area contributed by atoms with E-state index in [2.05, 4.69) is 65.8 Å². The van der Waals surface area contributed by atoms with Crippen molar-refractivity contribution in [1.29, 1.82) is 0 Å². The van der Waals surface area contributed by atoms with E-state index in [9.17, 15) is 0 Å². The summed E-state index contributed by atoms with van der Waals surface area (Å²) in [4.78, 5) is 6.53. The fourth-order valence-electron chi connectivity index (χ4n) is 2.75. The molecule has 0 bridgehead atoms. The van der Waals surface area contributed by atoms with Crippen molar-refractivity contribution in [3.63, 3.8) is 0 Å². The number of nitrogens with one attached hydrogen (secondary N) is 2. The first-order valence-corrected chi connectivity index (χ1v) is 8.86. The standard InChI is InChI=1S/C20H30N4O.HI/c1-5-16-8-10-17(11-9-16)19(24(3)4)15-23-20(21-2)22-13-12-18-7-6-14-25-18;/h6-11,14,19H,5,12-13,15H2,1-4H3,(H2,21,22,23);1H. The molecule has 2 aromatic rings. The minimum absolute atomic E-state index is 0. The molecule has 1 aromatic heterocycles. The molecule has 0 spiro atoms. The average Bonchev–Trinajstić information content (AvgIpc) is 3.14. The smallest absolute Gasteiger partial charge is 0.191 e. The second-order valence-corrected chi connectivity index (χ2v) is 6.28. The number of nitrogens with zero attached hydrogens (tertiary/aromatic N) is 2. The maximum Gasteiger partial charge on any atom is 0.191 e. The predicted molar refractivity (Wildman–Crippen MR) is 119 cm³/mol. The molecule has 0 aliphatic carbocycles. The minimum atomic E-state index is 0. The number of rotatable bonds is 8. The highest BCUT2D eigenvalue weighted by Crippen LogP contribution is 2.18. The second-order valence-electron chi connectivity index (χ2n) is 6.28. The molecule has 2 N–H and O–H groups in total. The summed E-state index contributed by atoms with van der Waals surface area (Å²) < 4.78 is 5.35. The topological polar surface area (TPSA) is 52.8 Å². The summed E-state index contributed by atoms with van der Waals surface area (Å²) >= 11 is 0. The van der Waals surface area contributed by atoms with E-state index in [0.717, 1.165) is 37.7 Å². The van der Waals surface area contributed by atoms with Gasteiger partial charge in [0.25, 0.3) is 0 Å². The van der Waals surface area contributed by atoms with E-state index in [0.29, 0.717) is 0 Å². The summed E-state index contributed by atoms with van der Waals surface area (Å²) in [7, 11) is 6.00. The molecule has 1 unspecified atom stereocenters. The van der Waals surface area contributed by atoms with Crippen LogP contribution in [0.1, 0.15) is 29.9 Å². The van der Waals surface area contributed by atoms with Crippen molar-refractivity contribution in [2.45, 2.75) is 25.8 Å². The molecular formula is C20H31IN4O. The average molecular weight is 470 g/mol. The molecule has 0 fully saturated rings. The summed E-state index contributed by atoms with van der Waals surface area (Å²) in [5.74, 6) is 1.79. The third kappa shape index (κ3) is 6.99. The first-order valence-electron chi connectivity index (χ1n) is 8.86. The lowest BCUT2D eigenvalue weighted by Gasteiger charge is -2.26. The molecule has 6 heteroatoms. The number of furan rings is 1. The number of benzene rings is 1. The summed E-state index contributed by atoms with van der Waals surface area (Å²) in [6.07, 6.45) is 3.61. The lowest BCUT2D eigenvalue weighted by Crippen LogP contribution is -2.42. The number of hydrogen-bond donors (Lipinski definition) is 2. The van der Waals surface area contributed by atoms with Gasteiger partial charge in [0, 0.05) is 26.6 Å². The number of hydrogen-bond acceptors (Lipinski definition) is 3. The van der Waals surface area contributed by atoms with Crippen LogP contribution in [0.15, 0.2) is 52.1 Å². The zero-order valence-electron chi connectivity index (χ0n) is 16.2. The highest BCUT2D eigenvalue weighted by molar-refractivity contribution is 14.0. The van der Waals surface area contributed by atoms with Crippen LogP contribution < -0.4 is 10.6 Å². The van der Waals surface area contributed by atoms with Crippen LogP contribution in [0.5, 0.6) is 0 Å². The van der Waals surface area contributed by atoms with E-state index in [1.54, 1.807) is 13.3 Å². The van der Waals surface area contributed by atoms with Crippen LogP contribution in [0.2, 0.25) is 0 Å². The van der Waals surface area contributed by atoms with Crippen molar-refractivity contribution >= 4 is 29.9 Å². The Kier molecular flexibility index (Phi) is 10.3. The zero-order chi connectivity index (χ0) is 18.1. The van der Waals surface area contributed by atoms with Crippen LogP contribution in [0.4, 0.5) is 0 Å². The first kappa shape index (κ1) is 22.5. The van der Waals surface area contributed by atoms with Crippen molar-refractivity contribution < 1.29 is 4.42 Å². The molecule has 0 amide bonds. The van der Waals surface area contributed by atoms with E-state index in [4.69, 9.17) is 4.42 Å². The largest absolute Gasteiger partial charge is 0.469 e. The van der Waals surface area contributed by atoms with E-state index in [1.165, 1.54) is 11.1 Å². The summed E-state index contributed by atoms with van der Waals surface area (Å²) in [6, 6.07) is 13.0. The van der Waals surface area contributed by atoms with Crippen LogP contribution in [0.25, 0.3) is 0 Å². The van der Waals surface area contributed by atoms with Gasteiger partial charge in [-0.1, -0.05) is 31.2 Å². The summed E-state index contributed by atoms with van der Waals surface area (Å²) in [6.45, 7) is 3.75. The number of aliphatic imine (C=N–C) groups is 1. The highest BCUT2D eigenvalue weighted by atomic mass is 127. The van der Waals surface area contributed by atoms with Crippen LogP contribution in [0, 0.1) is 0 Å². The molecule has 1 aromatic carbocycles. The number of likely N-dealkylation sites (N-methyl/N-ethyl adjacent to an activating group) is 1. The Balaban J connectivity index is 0.00000338. The lowest BCUT2D eigenvalue weighted by molar-refractivity contribution is 0.298. The zero-order valence-corrected chi connectivity index (χ0v) is 18.5. The molecule has 5 nitrogen and oxygen atoms in total. The van der Waals surface area contributed by atoms with Gasteiger partial charge in [0.05, 0.1) is 12.3 Å². The Hall–Kier alpha value is -1.54. The third-order valence-electron chi connectivity index (χ3n) is 4.33. The SMILES string of the molecule is CCc1ccc(C(CNC(=NC)NCCc2ccco2)N(C)C)cc1.I. The van der Waals surface area contributed by atoms with Gasteiger partial charge in [-0.3, -0.25) is 4.99 Å². The highest BCUT2D eigenvalue weighted by Gasteiger charge is 2.14. The van der Waals surface area contributed by atoms with Gasteiger partial charge < -0.3 is 20.0 Å². The minimum Gasteiger partial charge on any atom is -0.469 e. The lowest BCUT2D eigenvalue weighted by atomic mass is 10.0. The van der Waals surface area contributed by atoms with Gasteiger partial charge in [0.2, 0.25) is 0 Å². The Labute approximate surface area is 174 Å². The van der Waals surface area contributed by atoms with Gasteiger partial charge in [-0.05, 0) is 43.8 Å². The molecule has 144 valence electrons. The summed E-state index contributed by atoms with van der Waals surface area (Å²) in [5, 5.41) is 6.76. The first-order chi connectivity index (χ1) is 12.1. The Morgan fingerprint density at radius 1 is 1.15 bits per heavy atom. The molecule has 0 saturated heterocycles. The van der Waals surface area contributed by atoms with E-state index in [-0.39, 0.29) is 30.0 Å². The maximum absolute atomic E-state index is 5.35. The van der Waals surface area contributed by atoms with Gasteiger partial charge in [-0.25, -0.2) is 0 Å². The van der Waals surface area contributed by atoms with Crippen molar-refractivity contribution in [3.05, 3.63) is 59.5 Å². The molecule has 0 aliphatic rings. The molecule has 0 aliphatic heterocycles. The molecule has 26 heavy (non-hydrogen) atoms. The van der Waals surface area contributed by atoms with Crippen LogP contribution in [0.3, 0.4) is 0 Å². The van der Waals surface area contributed by atoms with Gasteiger partial charge in [0.1, 0.15) is 5.76 Å². The monoisotopic (exact) mass is 470 g/mol. The number of aryl methyl sites for hydroxylation is 1. The van der Waals surface area contributed by atoms with Crippen LogP contribution >= 0.6 is 24.0 Å². The van der Waals surface area contributed by atoms with Crippen LogP contribution in [-0.4, -0.2) is 45.1 Å². The second kappa shape index (κ2) is 12.0. The maximum atomic E-state index is 5.35. The Bertz CT molecular complexity index is 638. The van der Waals surface area contributed by atoms with Crippen molar-refractivity contribution in [3.8, 4) is 0 Å². The van der Waals surface area contributed by atoms with E-state index < -0.39 is 0 Å². The van der Waals surface area contributed by atoms with Gasteiger partial charge in [0.15, 0.2) is 5.96 Å². The fraction of sp³-hybridized carbons (Fsp3) is 0.450. The molecular weight excluding hydrogens is 439 g/mol. The van der Waals surface area contributed by atoms with Crippen LogP contribution in [-0.2, 0) is 12.8 Å². The number of halogens is 1. The molecule has 1 atom stereocenters. The predicted octanol–water partition coefficient (Wildman–Crippen LogP) is 3.47. The fourth-order valence-corrected chi connectivity index (χ4v) is 2.75. The summed E-state index contributed by atoms with van der Waals surface area (Å²) in [5.41, 5.74) is 2.67. The van der Waals surface area contributed by atoms with Gasteiger partial charge >= 0.3 is 0 Å². The van der Waals surface area contributed by atoms with E-state index in [1.807, 2.05) is 12.1 Å². The Morgan fingerprint density at radius 3 is 2.42 bits per heavy atom. The molecule has 2 rings (SSSR count). The Morgan fingerprint density at radius 2 is 1.88 bits per heavy atom. The van der Waals surface area contributed by atoms with Gasteiger partial charge in [-0.15, -0.1) is 24.0 Å². The quantitative estimate of drug-likeness (QED) is 0.353. The van der Waals surface area contributed by atoms with E-state index >= 15 is 0 Å². The van der Waals surface area contributed by atoms with Crippen molar-refractivity contribution in [1.82, 2.24) is 15.5 Å². The van der Waals surface area contributed by atoms with Crippen molar-refractivity contribution in [2.75, 3.05) is 34.2 Å². The number of guanidine groups is 1. The van der Waals surface area contributed by atoms with Gasteiger partial charge in [-0.2, -0.15) is 0 Å². The molecule has 1 heterocycles. The third-order valence-corrected chi connectivity index (χ3v) is 4.33. The normalized spacial score (nSPS) is 12.6. The molecule has 0 radical (unpaired) electrons.